The van der Waals surface area contributed by atoms with Gasteiger partial charge in [-0.15, -0.1) is 0 Å². The molecule has 5 rings (SSSR count). The Morgan fingerprint density at radius 3 is 2.16 bits per heavy atom. The minimum Gasteiger partial charge on any atom is -0.293 e. The minimum atomic E-state index is -0.357. The molecule has 4 aliphatic rings. The van der Waals surface area contributed by atoms with Crippen LogP contribution in [0, 0.1) is 23.7 Å². The zero-order chi connectivity index (χ0) is 17.1. The normalized spacial score (nSPS) is 32.6. The number of hydrogen-bond acceptors (Lipinski definition) is 2. The first-order chi connectivity index (χ1) is 12.1. The van der Waals surface area contributed by atoms with Gasteiger partial charge in [0.1, 0.15) is 0 Å². The second-order valence-electron chi connectivity index (χ2n) is 7.67. The lowest BCUT2D eigenvalue weighted by Crippen LogP contribution is -2.44. The number of benzene rings is 1. The fraction of sp³-hybridized carbons (Fsp3) is 0.304. The topological polar surface area (TPSA) is 34.1 Å². The molecule has 0 N–H and O–H groups in total. The molecule has 0 spiro atoms. The number of allylic oxidation sites excluding steroid dienone is 6. The first-order valence-electron chi connectivity index (χ1n) is 9.14. The SMILES string of the molecule is CC1CCC=C2C=C3C(=O)C4C=c5ccccc5=CC4C(=O)C3=CC21. The van der Waals surface area contributed by atoms with Crippen LogP contribution in [-0.2, 0) is 9.59 Å². The number of rotatable bonds is 0. The number of hydrogen-bond donors (Lipinski definition) is 0. The summed E-state index contributed by atoms with van der Waals surface area (Å²) in [6.07, 6.45) is 12.5. The maximum Gasteiger partial charge on any atom is 0.171 e. The maximum atomic E-state index is 13.2. The summed E-state index contributed by atoms with van der Waals surface area (Å²) in [5.74, 6) is 0.297. The van der Waals surface area contributed by atoms with Crippen LogP contribution < -0.4 is 10.4 Å². The molecule has 25 heavy (non-hydrogen) atoms. The summed E-state index contributed by atoms with van der Waals surface area (Å²) < 4.78 is 0. The van der Waals surface area contributed by atoms with Crippen molar-refractivity contribution in [2.24, 2.45) is 23.7 Å². The number of carbonyl (C=O) groups excluding carboxylic acids is 2. The summed E-state index contributed by atoms with van der Waals surface area (Å²) in [4.78, 5) is 26.4. The molecule has 4 unspecified atom stereocenters. The lowest BCUT2D eigenvalue weighted by atomic mass is 9.65. The van der Waals surface area contributed by atoms with Gasteiger partial charge in [-0.25, -0.2) is 0 Å². The Kier molecular flexibility index (Phi) is 3.12. The van der Waals surface area contributed by atoms with Crippen molar-refractivity contribution in [2.75, 3.05) is 0 Å². The Hall–Kier alpha value is -2.48. The fourth-order valence-electron chi connectivity index (χ4n) is 4.75. The molecule has 4 atom stereocenters. The molecule has 1 fully saturated rings. The Morgan fingerprint density at radius 2 is 1.48 bits per heavy atom. The highest BCUT2D eigenvalue weighted by atomic mass is 16.1. The van der Waals surface area contributed by atoms with Gasteiger partial charge in [-0.3, -0.25) is 9.59 Å². The largest absolute Gasteiger partial charge is 0.293 e. The smallest absolute Gasteiger partial charge is 0.171 e. The van der Waals surface area contributed by atoms with E-state index in [1.807, 2.05) is 42.5 Å². The van der Waals surface area contributed by atoms with Crippen LogP contribution in [0.25, 0.3) is 12.2 Å². The van der Waals surface area contributed by atoms with Gasteiger partial charge in [-0.05, 0) is 40.8 Å². The Labute approximate surface area is 146 Å². The molecule has 0 saturated heterocycles. The highest BCUT2D eigenvalue weighted by Crippen LogP contribution is 2.43. The second kappa shape index (κ2) is 5.26. The van der Waals surface area contributed by atoms with Crippen molar-refractivity contribution in [3.05, 3.63) is 69.7 Å². The van der Waals surface area contributed by atoms with E-state index < -0.39 is 0 Å². The third-order valence-electron chi connectivity index (χ3n) is 6.18. The number of carbonyl (C=O) groups is 2. The highest BCUT2D eigenvalue weighted by Gasteiger charge is 2.44. The van der Waals surface area contributed by atoms with Crippen molar-refractivity contribution in [2.45, 2.75) is 19.8 Å². The van der Waals surface area contributed by atoms with E-state index in [1.165, 1.54) is 5.57 Å². The molecule has 0 aliphatic heterocycles. The van der Waals surface area contributed by atoms with Crippen molar-refractivity contribution >= 4 is 23.7 Å². The average Bonchev–Trinajstić information content (AvgIpc) is 2.64. The molecular formula is C23H20O2. The van der Waals surface area contributed by atoms with Crippen molar-refractivity contribution in [1.29, 1.82) is 0 Å². The summed E-state index contributed by atoms with van der Waals surface area (Å²) >= 11 is 0. The minimum absolute atomic E-state index is 0.0965. The average molecular weight is 328 g/mol. The molecule has 0 amide bonds. The van der Waals surface area contributed by atoms with Crippen LogP contribution in [0.3, 0.4) is 0 Å². The molecule has 124 valence electrons. The summed E-state index contributed by atoms with van der Waals surface area (Å²) in [6.45, 7) is 2.24. The van der Waals surface area contributed by atoms with Crippen molar-refractivity contribution in [1.82, 2.24) is 0 Å². The number of Topliss-reactive ketones (excluding diaryl/α,β-unsaturated/α-hetero) is 2. The molecule has 2 nitrogen and oxygen atoms in total. The van der Waals surface area contributed by atoms with Gasteiger partial charge in [0, 0.05) is 17.1 Å². The van der Waals surface area contributed by atoms with Crippen LogP contribution in [-0.4, -0.2) is 11.6 Å². The molecule has 1 aromatic carbocycles. The van der Waals surface area contributed by atoms with E-state index in [0.717, 1.165) is 23.3 Å². The number of fused-ring (bicyclic) bond motifs is 4. The van der Waals surface area contributed by atoms with Crippen molar-refractivity contribution < 1.29 is 9.59 Å². The van der Waals surface area contributed by atoms with E-state index in [2.05, 4.69) is 19.1 Å². The fourth-order valence-corrected chi connectivity index (χ4v) is 4.75. The van der Waals surface area contributed by atoms with Crippen LogP contribution in [0.15, 0.2) is 59.2 Å². The number of ketones is 2. The van der Waals surface area contributed by atoms with Gasteiger partial charge >= 0.3 is 0 Å². The van der Waals surface area contributed by atoms with E-state index >= 15 is 0 Å². The van der Waals surface area contributed by atoms with Gasteiger partial charge in [0.15, 0.2) is 11.6 Å². The highest BCUT2D eigenvalue weighted by molar-refractivity contribution is 6.23. The quantitative estimate of drug-likeness (QED) is 0.733. The van der Waals surface area contributed by atoms with Gasteiger partial charge < -0.3 is 0 Å². The third kappa shape index (κ3) is 2.10. The van der Waals surface area contributed by atoms with Crippen LogP contribution >= 0.6 is 0 Å². The molecule has 1 aromatic rings. The molecule has 0 aromatic heterocycles. The zero-order valence-electron chi connectivity index (χ0n) is 14.2. The van der Waals surface area contributed by atoms with Crippen molar-refractivity contribution in [3.8, 4) is 0 Å². The van der Waals surface area contributed by atoms with Crippen LogP contribution in [0.5, 0.6) is 0 Å². The summed E-state index contributed by atoms with van der Waals surface area (Å²) in [6, 6.07) is 7.99. The predicted octanol–water partition coefficient (Wildman–Crippen LogP) is 2.48. The van der Waals surface area contributed by atoms with Gasteiger partial charge in [0.25, 0.3) is 0 Å². The summed E-state index contributed by atoms with van der Waals surface area (Å²) in [7, 11) is 0. The van der Waals surface area contributed by atoms with E-state index in [0.29, 0.717) is 17.1 Å². The molecule has 1 saturated carbocycles. The summed E-state index contributed by atoms with van der Waals surface area (Å²) in [5, 5.41) is 2.11. The molecule has 4 aliphatic carbocycles. The predicted molar refractivity (Wildman–Crippen MR) is 97.8 cm³/mol. The molecule has 0 bridgehead atoms. The van der Waals surface area contributed by atoms with Crippen molar-refractivity contribution in [3.63, 3.8) is 0 Å². The molecule has 0 radical (unpaired) electrons. The summed E-state index contributed by atoms with van der Waals surface area (Å²) in [5.41, 5.74) is 2.51. The Morgan fingerprint density at radius 1 is 0.840 bits per heavy atom. The van der Waals surface area contributed by atoms with Gasteiger partial charge in [-0.1, -0.05) is 55.5 Å². The first kappa shape index (κ1) is 14.8. The van der Waals surface area contributed by atoms with E-state index in [4.69, 9.17) is 0 Å². The van der Waals surface area contributed by atoms with E-state index in [9.17, 15) is 9.59 Å². The third-order valence-corrected chi connectivity index (χ3v) is 6.18. The first-order valence-corrected chi connectivity index (χ1v) is 9.14. The van der Waals surface area contributed by atoms with Gasteiger partial charge in [-0.2, -0.15) is 0 Å². The second-order valence-corrected chi connectivity index (χ2v) is 7.67. The maximum absolute atomic E-state index is 13.2. The monoisotopic (exact) mass is 328 g/mol. The van der Waals surface area contributed by atoms with Gasteiger partial charge in [0.2, 0.25) is 0 Å². The molecular weight excluding hydrogens is 308 g/mol. The van der Waals surface area contributed by atoms with E-state index in [-0.39, 0.29) is 29.3 Å². The van der Waals surface area contributed by atoms with Gasteiger partial charge in [0.05, 0.1) is 11.8 Å². The zero-order valence-corrected chi connectivity index (χ0v) is 14.2. The van der Waals surface area contributed by atoms with Crippen LogP contribution in [0.4, 0.5) is 0 Å². The lowest BCUT2D eigenvalue weighted by Gasteiger charge is -2.36. The Balaban J connectivity index is 1.68. The van der Waals surface area contributed by atoms with Crippen LogP contribution in [0.1, 0.15) is 19.8 Å². The standard InChI is InChI=1S/C23H20O2/c1-13-5-4-8-16-11-20-21(12-17(13)16)23(25)19-10-15-7-3-2-6-14(15)9-18(19)22(20)24/h2-3,6-13,17-19H,4-5H2,1H3. The Bertz CT molecular complexity index is 1020. The van der Waals surface area contributed by atoms with E-state index in [1.54, 1.807) is 0 Å². The molecule has 0 heterocycles. The van der Waals surface area contributed by atoms with Crippen LogP contribution in [0.2, 0.25) is 0 Å². The molecule has 2 heteroatoms. The lowest BCUT2D eigenvalue weighted by molar-refractivity contribution is -0.126.